The van der Waals surface area contributed by atoms with Crippen molar-refractivity contribution in [2.24, 2.45) is 0 Å². The number of nitriles is 1. The molecule has 1 rings (SSSR count). The Morgan fingerprint density at radius 1 is 1.36 bits per heavy atom. The molecule has 0 N–H and O–H groups in total. The standard InChI is InChI=1S/C12H15NO/c1-12(14-2,9-6-10-13)11-7-4-3-5-8-11/h3-5,7-8H,6,9H2,1-2H3. The Balaban J connectivity index is 2.85. The van der Waals surface area contributed by atoms with Crippen molar-refractivity contribution in [3.05, 3.63) is 35.9 Å². The maximum atomic E-state index is 8.57. The SMILES string of the molecule is COC(C)(CCC#N)c1ccccc1. The lowest BCUT2D eigenvalue weighted by Crippen LogP contribution is -2.23. The summed E-state index contributed by atoms with van der Waals surface area (Å²) >= 11 is 0. The Kier molecular flexibility index (Phi) is 3.67. The lowest BCUT2D eigenvalue weighted by Gasteiger charge is -2.27. The minimum Gasteiger partial charge on any atom is -0.374 e. The third kappa shape index (κ3) is 2.34. The van der Waals surface area contributed by atoms with E-state index in [0.717, 1.165) is 12.0 Å². The molecular weight excluding hydrogens is 174 g/mol. The van der Waals surface area contributed by atoms with Crippen molar-refractivity contribution in [2.75, 3.05) is 7.11 Å². The summed E-state index contributed by atoms with van der Waals surface area (Å²) < 4.78 is 5.47. The van der Waals surface area contributed by atoms with Gasteiger partial charge in [-0.25, -0.2) is 0 Å². The van der Waals surface area contributed by atoms with Crippen LogP contribution in [0, 0.1) is 11.3 Å². The van der Waals surface area contributed by atoms with Crippen LogP contribution in [0.5, 0.6) is 0 Å². The van der Waals surface area contributed by atoms with Crippen LogP contribution in [0.15, 0.2) is 30.3 Å². The molecule has 1 aromatic carbocycles. The molecule has 0 aliphatic heterocycles. The average molecular weight is 189 g/mol. The van der Waals surface area contributed by atoms with Gasteiger partial charge in [0.15, 0.2) is 0 Å². The first-order valence-electron chi connectivity index (χ1n) is 4.70. The first kappa shape index (κ1) is 10.7. The molecule has 2 heteroatoms. The number of hydrogen-bond acceptors (Lipinski definition) is 2. The van der Waals surface area contributed by atoms with Gasteiger partial charge in [0.1, 0.15) is 0 Å². The molecule has 2 nitrogen and oxygen atoms in total. The predicted molar refractivity (Wildman–Crippen MR) is 55.7 cm³/mol. The topological polar surface area (TPSA) is 33.0 Å². The van der Waals surface area contributed by atoms with Gasteiger partial charge in [-0.05, 0) is 18.9 Å². The molecule has 0 heterocycles. The van der Waals surface area contributed by atoms with Crippen molar-refractivity contribution in [3.63, 3.8) is 0 Å². The van der Waals surface area contributed by atoms with E-state index in [0.29, 0.717) is 6.42 Å². The molecule has 1 aromatic rings. The summed E-state index contributed by atoms with van der Waals surface area (Å²) in [7, 11) is 1.68. The van der Waals surface area contributed by atoms with E-state index in [4.69, 9.17) is 10.00 Å². The van der Waals surface area contributed by atoms with Gasteiger partial charge < -0.3 is 4.74 Å². The van der Waals surface area contributed by atoms with Gasteiger partial charge in [0.2, 0.25) is 0 Å². The van der Waals surface area contributed by atoms with Crippen LogP contribution in [-0.4, -0.2) is 7.11 Å². The van der Waals surface area contributed by atoms with E-state index in [2.05, 4.69) is 6.07 Å². The molecule has 0 spiro atoms. The highest BCUT2D eigenvalue weighted by atomic mass is 16.5. The van der Waals surface area contributed by atoms with Crippen molar-refractivity contribution >= 4 is 0 Å². The molecule has 0 radical (unpaired) electrons. The van der Waals surface area contributed by atoms with Crippen molar-refractivity contribution in [1.29, 1.82) is 5.26 Å². The molecule has 0 fully saturated rings. The third-order valence-electron chi connectivity index (χ3n) is 2.55. The average Bonchev–Trinajstić information content (AvgIpc) is 2.27. The van der Waals surface area contributed by atoms with E-state index in [9.17, 15) is 0 Å². The number of nitrogens with zero attached hydrogens (tertiary/aromatic N) is 1. The molecule has 1 unspecified atom stereocenters. The lowest BCUT2D eigenvalue weighted by molar-refractivity contribution is -0.00437. The van der Waals surface area contributed by atoms with Crippen LogP contribution in [0.3, 0.4) is 0 Å². The number of methoxy groups -OCH3 is 1. The second-order valence-corrected chi connectivity index (χ2v) is 3.46. The van der Waals surface area contributed by atoms with E-state index in [1.807, 2.05) is 37.3 Å². The molecule has 0 saturated heterocycles. The minimum absolute atomic E-state index is 0.336. The number of benzene rings is 1. The summed E-state index contributed by atoms with van der Waals surface area (Å²) in [4.78, 5) is 0. The largest absolute Gasteiger partial charge is 0.374 e. The van der Waals surface area contributed by atoms with Crippen LogP contribution in [-0.2, 0) is 10.3 Å². The van der Waals surface area contributed by atoms with Gasteiger partial charge in [-0.2, -0.15) is 5.26 Å². The molecule has 14 heavy (non-hydrogen) atoms. The monoisotopic (exact) mass is 189 g/mol. The van der Waals surface area contributed by atoms with E-state index < -0.39 is 0 Å². The summed E-state index contributed by atoms with van der Waals surface area (Å²) in [5, 5.41) is 8.57. The fraction of sp³-hybridized carbons (Fsp3) is 0.417. The molecule has 0 aromatic heterocycles. The highest BCUT2D eigenvalue weighted by Gasteiger charge is 2.24. The summed E-state index contributed by atoms with van der Waals surface area (Å²) in [5.41, 5.74) is 0.787. The van der Waals surface area contributed by atoms with Crippen LogP contribution >= 0.6 is 0 Å². The van der Waals surface area contributed by atoms with Crippen molar-refractivity contribution in [1.82, 2.24) is 0 Å². The summed E-state index contributed by atoms with van der Waals surface area (Å²) in [5.74, 6) is 0. The fourth-order valence-electron chi connectivity index (χ4n) is 1.45. The first-order chi connectivity index (χ1) is 6.73. The maximum absolute atomic E-state index is 8.57. The van der Waals surface area contributed by atoms with Gasteiger partial charge in [0.05, 0.1) is 11.7 Å². The second kappa shape index (κ2) is 4.78. The van der Waals surface area contributed by atoms with Crippen molar-refractivity contribution < 1.29 is 4.74 Å². The van der Waals surface area contributed by atoms with Gasteiger partial charge in [-0.3, -0.25) is 0 Å². The zero-order valence-corrected chi connectivity index (χ0v) is 8.66. The first-order valence-corrected chi connectivity index (χ1v) is 4.70. The van der Waals surface area contributed by atoms with Crippen molar-refractivity contribution in [3.8, 4) is 6.07 Å². The van der Waals surface area contributed by atoms with Gasteiger partial charge in [0.25, 0.3) is 0 Å². The van der Waals surface area contributed by atoms with E-state index in [1.165, 1.54) is 0 Å². The summed E-state index contributed by atoms with van der Waals surface area (Å²) in [6.07, 6.45) is 1.24. The Labute approximate surface area is 85.1 Å². The van der Waals surface area contributed by atoms with Crippen molar-refractivity contribution in [2.45, 2.75) is 25.4 Å². The second-order valence-electron chi connectivity index (χ2n) is 3.46. The lowest BCUT2D eigenvalue weighted by atomic mass is 9.91. The van der Waals surface area contributed by atoms with Gasteiger partial charge in [-0.1, -0.05) is 30.3 Å². The summed E-state index contributed by atoms with van der Waals surface area (Å²) in [6.45, 7) is 2.01. The fourth-order valence-corrected chi connectivity index (χ4v) is 1.45. The zero-order chi connectivity index (χ0) is 10.4. The third-order valence-corrected chi connectivity index (χ3v) is 2.55. The van der Waals surface area contributed by atoms with Crippen LogP contribution in [0.4, 0.5) is 0 Å². The molecule has 0 bridgehead atoms. The highest BCUT2D eigenvalue weighted by Crippen LogP contribution is 2.29. The zero-order valence-electron chi connectivity index (χ0n) is 8.66. The van der Waals surface area contributed by atoms with E-state index >= 15 is 0 Å². The number of ether oxygens (including phenoxy) is 1. The quantitative estimate of drug-likeness (QED) is 0.729. The molecule has 1 atom stereocenters. The molecule has 0 aliphatic carbocycles. The van der Waals surface area contributed by atoms with Crippen LogP contribution in [0.25, 0.3) is 0 Å². The predicted octanol–water partition coefficient (Wildman–Crippen LogP) is 2.85. The highest BCUT2D eigenvalue weighted by molar-refractivity contribution is 5.21. The van der Waals surface area contributed by atoms with Crippen LogP contribution in [0.1, 0.15) is 25.3 Å². The molecule has 0 amide bonds. The Morgan fingerprint density at radius 3 is 2.50 bits per heavy atom. The number of hydrogen-bond donors (Lipinski definition) is 0. The Hall–Kier alpha value is -1.33. The van der Waals surface area contributed by atoms with Gasteiger partial charge in [-0.15, -0.1) is 0 Å². The molecule has 0 saturated carbocycles. The van der Waals surface area contributed by atoms with Crippen LogP contribution in [0.2, 0.25) is 0 Å². The Bertz CT molecular complexity index is 315. The van der Waals surface area contributed by atoms with Gasteiger partial charge >= 0.3 is 0 Å². The van der Waals surface area contributed by atoms with Gasteiger partial charge in [0, 0.05) is 13.5 Å². The normalized spacial score (nSPS) is 14.4. The Morgan fingerprint density at radius 2 is 2.00 bits per heavy atom. The summed E-state index contributed by atoms with van der Waals surface area (Å²) in [6, 6.07) is 12.2. The maximum Gasteiger partial charge on any atom is 0.0909 e. The molecule has 74 valence electrons. The molecule has 0 aliphatic rings. The van der Waals surface area contributed by atoms with Crippen LogP contribution < -0.4 is 0 Å². The van der Waals surface area contributed by atoms with E-state index in [1.54, 1.807) is 7.11 Å². The number of rotatable bonds is 4. The van der Waals surface area contributed by atoms with E-state index in [-0.39, 0.29) is 5.60 Å². The minimum atomic E-state index is -0.336. The molecular formula is C12H15NO. The smallest absolute Gasteiger partial charge is 0.0909 e.